The van der Waals surface area contributed by atoms with E-state index in [0.717, 1.165) is 5.69 Å². The summed E-state index contributed by atoms with van der Waals surface area (Å²) in [5, 5.41) is 0. The lowest BCUT2D eigenvalue weighted by Gasteiger charge is -2.27. The lowest BCUT2D eigenvalue weighted by Crippen LogP contribution is -2.21. The highest BCUT2D eigenvalue weighted by atomic mass is 14.6. The SMILES string of the molecule is Nc1cccc2c1C1(CCCC1)c1ccccc1-2. The van der Waals surface area contributed by atoms with Crippen LogP contribution in [0.5, 0.6) is 0 Å². The average Bonchev–Trinajstić information content (AvgIpc) is 2.98. The van der Waals surface area contributed by atoms with Crippen LogP contribution in [0.2, 0.25) is 0 Å². The third-order valence-electron chi connectivity index (χ3n) is 4.77. The molecule has 0 aliphatic heterocycles. The van der Waals surface area contributed by atoms with E-state index in [4.69, 9.17) is 5.73 Å². The molecule has 1 saturated carbocycles. The first-order valence-electron chi connectivity index (χ1n) is 6.82. The van der Waals surface area contributed by atoms with E-state index in [1.165, 1.54) is 47.9 Å². The van der Waals surface area contributed by atoms with Crippen LogP contribution in [0.4, 0.5) is 5.69 Å². The van der Waals surface area contributed by atoms with Gasteiger partial charge in [0.2, 0.25) is 0 Å². The summed E-state index contributed by atoms with van der Waals surface area (Å²) in [6.45, 7) is 0. The van der Waals surface area contributed by atoms with Gasteiger partial charge in [-0.3, -0.25) is 0 Å². The highest BCUT2D eigenvalue weighted by Crippen LogP contribution is 2.58. The highest BCUT2D eigenvalue weighted by Gasteiger charge is 2.45. The summed E-state index contributed by atoms with van der Waals surface area (Å²) in [5.74, 6) is 0. The molecule has 1 nitrogen and oxygen atoms in total. The molecule has 0 aromatic heterocycles. The monoisotopic (exact) mass is 235 g/mol. The van der Waals surface area contributed by atoms with E-state index in [1.807, 2.05) is 0 Å². The number of benzene rings is 2. The van der Waals surface area contributed by atoms with Crippen molar-refractivity contribution in [1.29, 1.82) is 0 Å². The number of anilines is 1. The number of hydrogen-bond donors (Lipinski definition) is 1. The number of nitrogen functional groups attached to an aromatic ring is 1. The summed E-state index contributed by atoms with van der Waals surface area (Å²) < 4.78 is 0. The molecule has 0 saturated heterocycles. The molecule has 0 heterocycles. The fourth-order valence-electron chi connectivity index (χ4n) is 4.10. The molecule has 0 bridgehead atoms. The van der Waals surface area contributed by atoms with Crippen LogP contribution in [-0.4, -0.2) is 0 Å². The molecule has 2 N–H and O–H groups in total. The average molecular weight is 235 g/mol. The van der Waals surface area contributed by atoms with Gasteiger partial charge in [-0.15, -0.1) is 0 Å². The van der Waals surface area contributed by atoms with Gasteiger partial charge in [0.1, 0.15) is 0 Å². The van der Waals surface area contributed by atoms with E-state index < -0.39 is 0 Å². The zero-order chi connectivity index (χ0) is 12.2. The van der Waals surface area contributed by atoms with Crippen molar-refractivity contribution in [3.05, 3.63) is 53.6 Å². The first kappa shape index (κ1) is 10.2. The quantitative estimate of drug-likeness (QED) is 0.683. The summed E-state index contributed by atoms with van der Waals surface area (Å²) in [4.78, 5) is 0. The van der Waals surface area contributed by atoms with Gasteiger partial charge in [-0.05, 0) is 41.2 Å². The molecule has 0 radical (unpaired) electrons. The first-order chi connectivity index (χ1) is 8.83. The summed E-state index contributed by atoms with van der Waals surface area (Å²) in [5.41, 5.74) is 13.2. The van der Waals surface area contributed by atoms with Crippen LogP contribution < -0.4 is 5.73 Å². The summed E-state index contributed by atoms with van der Waals surface area (Å²) in [7, 11) is 0. The molecule has 1 fully saturated rings. The van der Waals surface area contributed by atoms with E-state index in [2.05, 4.69) is 42.5 Å². The van der Waals surface area contributed by atoms with Gasteiger partial charge < -0.3 is 5.73 Å². The lowest BCUT2D eigenvalue weighted by molar-refractivity contribution is 0.552. The summed E-state index contributed by atoms with van der Waals surface area (Å²) in [6.07, 6.45) is 5.15. The molecule has 18 heavy (non-hydrogen) atoms. The maximum Gasteiger partial charge on any atom is 0.0361 e. The van der Waals surface area contributed by atoms with Gasteiger partial charge in [-0.1, -0.05) is 49.2 Å². The van der Waals surface area contributed by atoms with E-state index >= 15 is 0 Å². The van der Waals surface area contributed by atoms with Crippen molar-refractivity contribution < 1.29 is 0 Å². The van der Waals surface area contributed by atoms with Crippen LogP contribution in [0.25, 0.3) is 11.1 Å². The maximum atomic E-state index is 6.31. The molecule has 4 rings (SSSR count). The molecule has 2 aromatic rings. The lowest BCUT2D eigenvalue weighted by atomic mass is 9.76. The number of hydrogen-bond acceptors (Lipinski definition) is 1. The smallest absolute Gasteiger partial charge is 0.0361 e. The molecular weight excluding hydrogens is 218 g/mol. The molecular formula is C17H17N. The van der Waals surface area contributed by atoms with E-state index in [-0.39, 0.29) is 5.41 Å². The van der Waals surface area contributed by atoms with Crippen molar-refractivity contribution in [3.8, 4) is 11.1 Å². The normalized spacial score (nSPS) is 18.9. The van der Waals surface area contributed by atoms with Crippen molar-refractivity contribution in [2.75, 3.05) is 5.73 Å². The fraction of sp³-hybridized carbons (Fsp3) is 0.294. The summed E-state index contributed by atoms with van der Waals surface area (Å²) >= 11 is 0. The predicted octanol–water partition coefficient (Wildman–Crippen LogP) is 4.11. The highest BCUT2D eigenvalue weighted by molar-refractivity contribution is 5.85. The Morgan fingerprint density at radius 2 is 1.56 bits per heavy atom. The second kappa shape index (κ2) is 3.38. The van der Waals surface area contributed by atoms with Crippen LogP contribution in [0.1, 0.15) is 36.8 Å². The Morgan fingerprint density at radius 1 is 0.833 bits per heavy atom. The molecule has 0 unspecified atom stereocenters. The van der Waals surface area contributed by atoms with Gasteiger partial charge in [0, 0.05) is 11.1 Å². The number of nitrogens with two attached hydrogens (primary N) is 1. The van der Waals surface area contributed by atoms with Crippen LogP contribution in [0.15, 0.2) is 42.5 Å². The molecule has 0 atom stereocenters. The van der Waals surface area contributed by atoms with Crippen molar-refractivity contribution in [3.63, 3.8) is 0 Å². The number of fused-ring (bicyclic) bond motifs is 5. The standard InChI is InChI=1S/C17H17N/c18-15-9-5-7-13-12-6-1-2-8-14(12)17(16(13)15)10-3-4-11-17/h1-2,5-9H,3-4,10-11,18H2. The zero-order valence-electron chi connectivity index (χ0n) is 10.4. The van der Waals surface area contributed by atoms with Gasteiger partial charge in [0.05, 0.1) is 0 Å². The van der Waals surface area contributed by atoms with Crippen LogP contribution >= 0.6 is 0 Å². The minimum atomic E-state index is 0.220. The van der Waals surface area contributed by atoms with Crippen molar-refractivity contribution in [2.45, 2.75) is 31.1 Å². The van der Waals surface area contributed by atoms with E-state index in [9.17, 15) is 0 Å². The Labute approximate surface area is 108 Å². The molecule has 2 aromatic carbocycles. The van der Waals surface area contributed by atoms with Gasteiger partial charge >= 0.3 is 0 Å². The van der Waals surface area contributed by atoms with Crippen LogP contribution in [0.3, 0.4) is 0 Å². The van der Waals surface area contributed by atoms with Gasteiger partial charge in [-0.25, -0.2) is 0 Å². The third kappa shape index (κ3) is 1.07. The van der Waals surface area contributed by atoms with Crippen LogP contribution in [-0.2, 0) is 5.41 Å². The molecule has 2 aliphatic rings. The third-order valence-corrected chi connectivity index (χ3v) is 4.77. The molecule has 90 valence electrons. The Morgan fingerprint density at radius 3 is 2.39 bits per heavy atom. The second-order valence-corrected chi connectivity index (χ2v) is 5.60. The van der Waals surface area contributed by atoms with E-state index in [0.29, 0.717) is 0 Å². The van der Waals surface area contributed by atoms with Crippen molar-refractivity contribution in [2.24, 2.45) is 0 Å². The van der Waals surface area contributed by atoms with Gasteiger partial charge in [0.15, 0.2) is 0 Å². The fourth-order valence-corrected chi connectivity index (χ4v) is 4.10. The van der Waals surface area contributed by atoms with Gasteiger partial charge in [-0.2, -0.15) is 0 Å². The zero-order valence-corrected chi connectivity index (χ0v) is 10.4. The Balaban J connectivity index is 2.12. The van der Waals surface area contributed by atoms with Crippen molar-refractivity contribution >= 4 is 5.69 Å². The largest absolute Gasteiger partial charge is 0.398 e. The minimum Gasteiger partial charge on any atom is -0.398 e. The van der Waals surface area contributed by atoms with Crippen molar-refractivity contribution in [1.82, 2.24) is 0 Å². The van der Waals surface area contributed by atoms with Gasteiger partial charge in [0.25, 0.3) is 0 Å². The Hall–Kier alpha value is -1.76. The topological polar surface area (TPSA) is 26.0 Å². The Bertz CT molecular complexity index is 621. The summed E-state index contributed by atoms with van der Waals surface area (Å²) in [6, 6.07) is 15.2. The Kier molecular flexibility index (Phi) is 1.91. The van der Waals surface area contributed by atoms with E-state index in [1.54, 1.807) is 0 Å². The number of rotatable bonds is 0. The first-order valence-corrected chi connectivity index (χ1v) is 6.82. The molecule has 1 heteroatoms. The maximum absolute atomic E-state index is 6.31. The molecule has 2 aliphatic carbocycles. The van der Waals surface area contributed by atoms with Crippen LogP contribution in [0, 0.1) is 0 Å². The molecule has 0 amide bonds. The predicted molar refractivity (Wildman–Crippen MR) is 75.5 cm³/mol. The second-order valence-electron chi connectivity index (χ2n) is 5.60. The molecule has 1 spiro atoms. The minimum absolute atomic E-state index is 0.220.